The fraction of sp³-hybridized carbons (Fsp3) is 0.714. The van der Waals surface area contributed by atoms with Crippen LogP contribution in [0.1, 0.15) is 38.0 Å². The first-order chi connectivity index (χ1) is 10.7. The van der Waals surface area contributed by atoms with Gasteiger partial charge in [-0.2, -0.15) is 10.1 Å². The van der Waals surface area contributed by atoms with E-state index >= 15 is 0 Å². The summed E-state index contributed by atoms with van der Waals surface area (Å²) >= 11 is 0. The lowest BCUT2D eigenvalue weighted by Gasteiger charge is -2.47. The molecule has 0 amide bonds. The second-order valence-electron chi connectivity index (χ2n) is 6.38. The SMILES string of the molecule is OC12CCCCC1CN(Cc1nc(-c3ncn[nH]3)no1)CC2. The molecule has 1 aliphatic carbocycles. The molecule has 0 spiro atoms. The number of H-pyrrole nitrogens is 1. The highest BCUT2D eigenvalue weighted by molar-refractivity contribution is 5.39. The number of fused-ring (bicyclic) bond motifs is 1. The number of rotatable bonds is 3. The Kier molecular flexibility index (Phi) is 3.42. The van der Waals surface area contributed by atoms with Gasteiger partial charge in [-0.15, -0.1) is 0 Å². The van der Waals surface area contributed by atoms with Crippen LogP contribution in [-0.2, 0) is 6.54 Å². The van der Waals surface area contributed by atoms with E-state index in [1.54, 1.807) is 0 Å². The first-order valence-corrected chi connectivity index (χ1v) is 7.86. The molecule has 2 unspecified atom stereocenters. The lowest BCUT2D eigenvalue weighted by atomic mass is 9.71. The molecule has 2 aromatic rings. The summed E-state index contributed by atoms with van der Waals surface area (Å²) in [6, 6.07) is 0. The Bertz CT molecular complexity index is 627. The normalized spacial score (nSPS) is 29.4. The predicted molar refractivity (Wildman–Crippen MR) is 76.5 cm³/mol. The van der Waals surface area contributed by atoms with E-state index in [0.29, 0.717) is 30.0 Å². The molecule has 2 fully saturated rings. The zero-order valence-electron chi connectivity index (χ0n) is 12.4. The number of hydrogen-bond donors (Lipinski definition) is 2. The number of nitrogens with zero attached hydrogens (tertiary/aromatic N) is 5. The Labute approximate surface area is 127 Å². The molecule has 0 radical (unpaired) electrons. The van der Waals surface area contributed by atoms with E-state index in [-0.39, 0.29) is 0 Å². The molecule has 3 heterocycles. The molecule has 4 rings (SSSR count). The summed E-state index contributed by atoms with van der Waals surface area (Å²) in [5.74, 6) is 1.88. The number of hydrogen-bond acceptors (Lipinski definition) is 7. The van der Waals surface area contributed by atoms with Crippen LogP contribution in [0.15, 0.2) is 10.9 Å². The summed E-state index contributed by atoms with van der Waals surface area (Å²) in [6.07, 6.45) is 6.68. The van der Waals surface area contributed by atoms with Gasteiger partial charge in [0.05, 0.1) is 12.1 Å². The maximum absolute atomic E-state index is 10.7. The smallest absolute Gasteiger partial charge is 0.241 e. The Morgan fingerprint density at radius 2 is 2.36 bits per heavy atom. The van der Waals surface area contributed by atoms with E-state index in [1.807, 2.05) is 0 Å². The maximum Gasteiger partial charge on any atom is 0.241 e. The van der Waals surface area contributed by atoms with E-state index in [0.717, 1.165) is 38.8 Å². The first-order valence-electron chi connectivity index (χ1n) is 7.86. The van der Waals surface area contributed by atoms with Crippen molar-refractivity contribution in [2.24, 2.45) is 5.92 Å². The highest BCUT2D eigenvalue weighted by atomic mass is 16.5. The van der Waals surface area contributed by atoms with Crippen molar-refractivity contribution in [1.29, 1.82) is 0 Å². The average molecular weight is 304 g/mol. The number of aliphatic hydroxyl groups is 1. The van der Waals surface area contributed by atoms with Crippen molar-refractivity contribution in [3.8, 4) is 11.6 Å². The van der Waals surface area contributed by atoms with Crippen LogP contribution in [0.4, 0.5) is 0 Å². The largest absolute Gasteiger partial charge is 0.390 e. The molecule has 2 aliphatic rings. The highest BCUT2D eigenvalue weighted by Crippen LogP contribution is 2.39. The first kappa shape index (κ1) is 13.8. The molecule has 0 bridgehead atoms. The minimum Gasteiger partial charge on any atom is -0.390 e. The van der Waals surface area contributed by atoms with Gasteiger partial charge in [-0.05, 0) is 19.3 Å². The molecular weight excluding hydrogens is 284 g/mol. The van der Waals surface area contributed by atoms with Crippen molar-refractivity contribution in [1.82, 2.24) is 30.2 Å². The number of aromatic amines is 1. The quantitative estimate of drug-likeness (QED) is 0.871. The van der Waals surface area contributed by atoms with Crippen LogP contribution in [0.2, 0.25) is 0 Å². The molecule has 2 atom stereocenters. The zero-order valence-corrected chi connectivity index (χ0v) is 12.4. The van der Waals surface area contributed by atoms with E-state index < -0.39 is 5.60 Å². The van der Waals surface area contributed by atoms with Gasteiger partial charge in [0.2, 0.25) is 11.7 Å². The third-order valence-corrected chi connectivity index (χ3v) is 4.97. The predicted octanol–water partition coefficient (Wildman–Crippen LogP) is 0.982. The second-order valence-corrected chi connectivity index (χ2v) is 6.38. The third kappa shape index (κ3) is 2.52. The molecule has 2 aromatic heterocycles. The number of nitrogens with one attached hydrogen (secondary N) is 1. The number of piperidine rings is 1. The van der Waals surface area contributed by atoms with Crippen molar-refractivity contribution in [2.45, 2.75) is 44.2 Å². The Balaban J connectivity index is 1.42. The Hall–Kier alpha value is -1.80. The summed E-state index contributed by atoms with van der Waals surface area (Å²) in [5, 5.41) is 21.1. The van der Waals surface area contributed by atoms with Crippen LogP contribution in [0.3, 0.4) is 0 Å². The Morgan fingerprint density at radius 1 is 1.41 bits per heavy atom. The van der Waals surface area contributed by atoms with Crippen molar-refractivity contribution < 1.29 is 9.63 Å². The minimum absolute atomic E-state index is 0.367. The fourth-order valence-corrected chi connectivity index (χ4v) is 3.70. The van der Waals surface area contributed by atoms with Gasteiger partial charge in [-0.3, -0.25) is 10.00 Å². The fourth-order valence-electron chi connectivity index (χ4n) is 3.70. The Morgan fingerprint density at radius 3 is 3.23 bits per heavy atom. The summed E-state index contributed by atoms with van der Waals surface area (Å²) in [5.41, 5.74) is -0.450. The van der Waals surface area contributed by atoms with E-state index in [2.05, 4.69) is 30.2 Å². The van der Waals surface area contributed by atoms with Crippen molar-refractivity contribution in [3.63, 3.8) is 0 Å². The summed E-state index contributed by atoms with van der Waals surface area (Å²) in [6.45, 7) is 2.39. The van der Waals surface area contributed by atoms with Gasteiger partial charge in [0.25, 0.3) is 0 Å². The molecule has 8 nitrogen and oxygen atoms in total. The third-order valence-electron chi connectivity index (χ3n) is 4.97. The summed E-state index contributed by atoms with van der Waals surface area (Å²) < 4.78 is 5.30. The lowest BCUT2D eigenvalue weighted by Crippen LogP contribution is -2.52. The van der Waals surface area contributed by atoms with Crippen LogP contribution < -0.4 is 0 Å². The van der Waals surface area contributed by atoms with Gasteiger partial charge in [0.15, 0.2) is 5.82 Å². The molecule has 1 aliphatic heterocycles. The molecule has 1 saturated carbocycles. The molecule has 1 saturated heterocycles. The number of likely N-dealkylation sites (tertiary alicyclic amines) is 1. The second kappa shape index (κ2) is 5.44. The molecule has 118 valence electrons. The van der Waals surface area contributed by atoms with Crippen LogP contribution in [0.25, 0.3) is 11.6 Å². The van der Waals surface area contributed by atoms with E-state index in [9.17, 15) is 5.11 Å². The van der Waals surface area contributed by atoms with Crippen molar-refractivity contribution in [2.75, 3.05) is 13.1 Å². The van der Waals surface area contributed by atoms with Gasteiger partial charge >= 0.3 is 0 Å². The average Bonchev–Trinajstić information content (AvgIpc) is 3.18. The summed E-state index contributed by atoms with van der Waals surface area (Å²) in [7, 11) is 0. The lowest BCUT2D eigenvalue weighted by molar-refractivity contribution is -0.0979. The summed E-state index contributed by atoms with van der Waals surface area (Å²) in [4.78, 5) is 10.7. The van der Waals surface area contributed by atoms with Gasteiger partial charge in [0, 0.05) is 19.0 Å². The van der Waals surface area contributed by atoms with Gasteiger partial charge in [-0.25, -0.2) is 4.98 Å². The van der Waals surface area contributed by atoms with Crippen LogP contribution in [0.5, 0.6) is 0 Å². The van der Waals surface area contributed by atoms with Crippen LogP contribution in [0, 0.1) is 5.92 Å². The standard InChI is InChI=1S/C14H20N6O2/c21-14-4-2-1-3-10(14)7-20(6-5-14)8-11-17-13(19-22-11)12-15-9-16-18-12/h9-10,21H,1-8H2,(H,15,16,18). The molecule has 8 heteroatoms. The van der Waals surface area contributed by atoms with Gasteiger partial charge in [-0.1, -0.05) is 18.0 Å². The molecule has 2 N–H and O–H groups in total. The molecule has 0 aromatic carbocycles. The van der Waals surface area contributed by atoms with Crippen molar-refractivity contribution >= 4 is 0 Å². The van der Waals surface area contributed by atoms with Crippen molar-refractivity contribution in [3.05, 3.63) is 12.2 Å². The van der Waals surface area contributed by atoms with Crippen LogP contribution in [-0.4, -0.2) is 54.0 Å². The molecular formula is C14H20N6O2. The van der Waals surface area contributed by atoms with Gasteiger partial charge in [0.1, 0.15) is 6.33 Å². The van der Waals surface area contributed by atoms with Crippen LogP contribution >= 0.6 is 0 Å². The van der Waals surface area contributed by atoms with Gasteiger partial charge < -0.3 is 9.63 Å². The zero-order chi connectivity index (χ0) is 15.0. The number of aromatic nitrogens is 5. The minimum atomic E-state index is -0.450. The van der Waals surface area contributed by atoms with E-state index in [4.69, 9.17) is 4.52 Å². The topological polar surface area (TPSA) is 104 Å². The molecule has 22 heavy (non-hydrogen) atoms. The monoisotopic (exact) mass is 304 g/mol. The van der Waals surface area contributed by atoms with E-state index in [1.165, 1.54) is 12.7 Å². The highest BCUT2D eigenvalue weighted by Gasteiger charge is 2.42. The maximum atomic E-state index is 10.7.